The van der Waals surface area contributed by atoms with Crippen molar-refractivity contribution in [2.45, 2.75) is 51.7 Å². The molecular formula is C16H24Si. The van der Waals surface area contributed by atoms with Crippen LogP contribution in [0.1, 0.15) is 32.6 Å². The van der Waals surface area contributed by atoms with Crippen molar-refractivity contribution < 1.29 is 0 Å². The molecule has 1 saturated carbocycles. The van der Waals surface area contributed by atoms with Crippen LogP contribution in [0.25, 0.3) is 0 Å². The summed E-state index contributed by atoms with van der Waals surface area (Å²) in [4.78, 5) is 0. The molecule has 0 heterocycles. The van der Waals surface area contributed by atoms with Gasteiger partial charge in [-0.25, -0.2) is 0 Å². The highest BCUT2D eigenvalue weighted by Gasteiger charge is 2.24. The van der Waals surface area contributed by atoms with Crippen molar-refractivity contribution in [3.05, 3.63) is 41.5 Å². The molecule has 0 atom stereocenters. The monoisotopic (exact) mass is 244 g/mol. The molecule has 2 rings (SSSR count). The van der Waals surface area contributed by atoms with Gasteiger partial charge < -0.3 is 0 Å². The van der Waals surface area contributed by atoms with Crippen molar-refractivity contribution in [3.63, 3.8) is 0 Å². The van der Waals surface area contributed by atoms with Crippen molar-refractivity contribution in [1.82, 2.24) is 0 Å². The predicted octanol–water partition coefficient (Wildman–Crippen LogP) is 4.49. The smallest absolute Gasteiger partial charge is 0.0764 e. The van der Waals surface area contributed by atoms with Crippen molar-refractivity contribution >= 4 is 13.3 Å². The molecule has 0 radical (unpaired) electrons. The van der Waals surface area contributed by atoms with Gasteiger partial charge in [0.2, 0.25) is 0 Å². The zero-order valence-electron chi connectivity index (χ0n) is 11.4. The van der Waals surface area contributed by atoms with E-state index in [1.165, 1.54) is 31.7 Å². The second kappa shape index (κ2) is 5.22. The number of allylic oxidation sites excluding steroid dienone is 2. The molecule has 0 saturated heterocycles. The normalized spacial score (nSPS) is 16.3. The topological polar surface area (TPSA) is 0 Å². The molecule has 92 valence electrons. The van der Waals surface area contributed by atoms with Crippen LogP contribution in [-0.4, -0.2) is 8.07 Å². The first-order valence-electron chi connectivity index (χ1n) is 6.82. The van der Waals surface area contributed by atoms with Crippen LogP contribution in [0.4, 0.5) is 0 Å². The molecule has 0 nitrogen and oxygen atoms in total. The van der Waals surface area contributed by atoms with Crippen LogP contribution in [0.5, 0.6) is 0 Å². The van der Waals surface area contributed by atoms with E-state index < -0.39 is 8.07 Å². The molecule has 17 heavy (non-hydrogen) atoms. The Morgan fingerprint density at radius 2 is 1.65 bits per heavy atom. The number of hydrogen-bond acceptors (Lipinski definition) is 0. The Bertz CT molecular complexity index is 393. The first-order valence-corrected chi connectivity index (χ1v) is 10.0. The standard InChI is InChI=1S/C16H24Si/c1-14(15-9-7-8-10-15)13-17(2,3)16-11-5-4-6-12-16/h4-6,11-12H,7-10,13H2,1-3H3. The van der Waals surface area contributed by atoms with E-state index in [-0.39, 0.29) is 0 Å². The van der Waals surface area contributed by atoms with Gasteiger partial charge in [0.15, 0.2) is 0 Å². The third-order valence-electron chi connectivity index (χ3n) is 4.07. The van der Waals surface area contributed by atoms with Crippen LogP contribution in [0.15, 0.2) is 41.5 Å². The quantitative estimate of drug-likeness (QED) is 0.543. The molecule has 0 bridgehead atoms. The second-order valence-electron chi connectivity index (χ2n) is 6.02. The highest BCUT2D eigenvalue weighted by Crippen LogP contribution is 2.30. The minimum Gasteiger partial charge on any atom is -0.0764 e. The average Bonchev–Trinajstić information content (AvgIpc) is 2.83. The van der Waals surface area contributed by atoms with E-state index in [9.17, 15) is 0 Å². The highest BCUT2D eigenvalue weighted by atomic mass is 28.3. The molecule has 0 aromatic heterocycles. The minimum atomic E-state index is -1.27. The van der Waals surface area contributed by atoms with Gasteiger partial charge in [-0.15, -0.1) is 0 Å². The van der Waals surface area contributed by atoms with Gasteiger partial charge in [0.25, 0.3) is 0 Å². The maximum absolute atomic E-state index is 2.50. The maximum Gasteiger partial charge on any atom is 0.0845 e. The van der Waals surface area contributed by atoms with Gasteiger partial charge in [-0.2, -0.15) is 0 Å². The van der Waals surface area contributed by atoms with Crippen molar-refractivity contribution in [2.75, 3.05) is 0 Å². The van der Waals surface area contributed by atoms with E-state index in [0.29, 0.717) is 0 Å². The van der Waals surface area contributed by atoms with Gasteiger partial charge in [0, 0.05) is 0 Å². The second-order valence-corrected chi connectivity index (χ2v) is 10.7. The zero-order chi connectivity index (χ0) is 12.3. The minimum absolute atomic E-state index is 1.27. The molecule has 0 N–H and O–H groups in total. The molecule has 1 aliphatic rings. The van der Waals surface area contributed by atoms with E-state index >= 15 is 0 Å². The Morgan fingerprint density at radius 3 is 2.24 bits per heavy atom. The van der Waals surface area contributed by atoms with Gasteiger partial charge in [0.05, 0.1) is 8.07 Å². The molecule has 1 aromatic rings. The third kappa shape index (κ3) is 3.10. The lowest BCUT2D eigenvalue weighted by Crippen LogP contribution is -2.41. The zero-order valence-corrected chi connectivity index (χ0v) is 12.4. The summed E-state index contributed by atoms with van der Waals surface area (Å²) in [5.41, 5.74) is 3.46. The highest BCUT2D eigenvalue weighted by molar-refractivity contribution is 6.90. The average molecular weight is 244 g/mol. The largest absolute Gasteiger partial charge is 0.0845 e. The molecule has 0 unspecified atom stereocenters. The van der Waals surface area contributed by atoms with Gasteiger partial charge >= 0.3 is 0 Å². The Hall–Kier alpha value is -0.823. The van der Waals surface area contributed by atoms with E-state index in [0.717, 1.165) is 0 Å². The van der Waals surface area contributed by atoms with Crippen LogP contribution in [0, 0.1) is 0 Å². The van der Waals surface area contributed by atoms with Gasteiger partial charge in [-0.1, -0.05) is 59.8 Å². The van der Waals surface area contributed by atoms with Gasteiger partial charge in [-0.3, -0.25) is 0 Å². The van der Waals surface area contributed by atoms with Crippen molar-refractivity contribution in [2.24, 2.45) is 0 Å². The van der Waals surface area contributed by atoms with E-state index in [2.05, 4.69) is 50.3 Å². The summed E-state index contributed by atoms with van der Waals surface area (Å²) in [6.07, 6.45) is 5.57. The molecular weight excluding hydrogens is 220 g/mol. The van der Waals surface area contributed by atoms with E-state index in [1.807, 2.05) is 0 Å². The summed E-state index contributed by atoms with van der Waals surface area (Å²) in [6.45, 7) is 7.38. The molecule has 1 aromatic carbocycles. The van der Waals surface area contributed by atoms with Gasteiger partial charge in [0.1, 0.15) is 0 Å². The molecule has 0 amide bonds. The Labute approximate surface area is 107 Å². The summed E-state index contributed by atoms with van der Waals surface area (Å²) < 4.78 is 0. The number of benzene rings is 1. The predicted molar refractivity (Wildman–Crippen MR) is 79.5 cm³/mol. The van der Waals surface area contributed by atoms with E-state index in [4.69, 9.17) is 0 Å². The summed E-state index contributed by atoms with van der Waals surface area (Å²) in [7, 11) is -1.27. The lowest BCUT2D eigenvalue weighted by Gasteiger charge is -2.24. The molecule has 1 heteroatoms. The van der Waals surface area contributed by atoms with Crippen LogP contribution in [0.2, 0.25) is 19.1 Å². The lowest BCUT2D eigenvalue weighted by molar-refractivity contribution is 0.886. The van der Waals surface area contributed by atoms with Crippen LogP contribution in [0.3, 0.4) is 0 Å². The maximum atomic E-state index is 2.50. The summed E-state index contributed by atoms with van der Waals surface area (Å²) in [5.74, 6) is 0. The fourth-order valence-electron chi connectivity index (χ4n) is 3.01. The molecule has 1 fully saturated rings. The van der Waals surface area contributed by atoms with E-state index in [1.54, 1.807) is 16.3 Å². The van der Waals surface area contributed by atoms with Gasteiger partial charge in [-0.05, 0) is 38.7 Å². The number of hydrogen-bond donors (Lipinski definition) is 0. The van der Waals surface area contributed by atoms with Crippen molar-refractivity contribution in [1.29, 1.82) is 0 Å². The van der Waals surface area contributed by atoms with Crippen LogP contribution >= 0.6 is 0 Å². The Morgan fingerprint density at radius 1 is 1.06 bits per heavy atom. The first-order chi connectivity index (χ1) is 8.09. The summed E-state index contributed by atoms with van der Waals surface area (Å²) in [6, 6.07) is 12.5. The Balaban J connectivity index is 2.15. The molecule has 0 aliphatic heterocycles. The van der Waals surface area contributed by atoms with Crippen LogP contribution < -0.4 is 5.19 Å². The van der Waals surface area contributed by atoms with Crippen molar-refractivity contribution in [3.8, 4) is 0 Å². The SMILES string of the molecule is CC(C[Si](C)(C)c1ccccc1)=C1CCCC1. The lowest BCUT2D eigenvalue weighted by atomic mass is 10.1. The molecule has 1 aliphatic carbocycles. The number of rotatable bonds is 3. The summed E-state index contributed by atoms with van der Waals surface area (Å²) >= 11 is 0. The Kier molecular flexibility index (Phi) is 3.88. The first kappa shape index (κ1) is 12.6. The third-order valence-corrected chi connectivity index (χ3v) is 7.38. The fraction of sp³-hybridized carbons (Fsp3) is 0.500. The van der Waals surface area contributed by atoms with Crippen LogP contribution in [-0.2, 0) is 0 Å². The fourth-order valence-corrected chi connectivity index (χ4v) is 5.88. The molecule has 0 spiro atoms. The summed E-state index contributed by atoms with van der Waals surface area (Å²) in [5, 5.41) is 1.60.